The molecule has 0 spiro atoms. The lowest BCUT2D eigenvalue weighted by atomic mass is 9.94. The van der Waals surface area contributed by atoms with E-state index < -0.39 is 0 Å². The number of hydrogen-bond donors (Lipinski definition) is 2. The van der Waals surface area contributed by atoms with E-state index in [0.717, 1.165) is 44.6 Å². The summed E-state index contributed by atoms with van der Waals surface area (Å²) in [5.74, 6) is 0.614. The molecule has 0 aromatic heterocycles. The lowest BCUT2D eigenvalue weighted by Crippen LogP contribution is -2.40. The third-order valence-corrected chi connectivity index (χ3v) is 4.28. The molecule has 1 saturated heterocycles. The van der Waals surface area contributed by atoms with Crippen LogP contribution in [0.15, 0.2) is 24.3 Å². The Hall–Kier alpha value is -1.88. The SMILES string of the molecule is CC(C)(C)NC(=O)c1ccc(NC(=O)CCCC2CCOCC2)cc1. The summed E-state index contributed by atoms with van der Waals surface area (Å²) in [4.78, 5) is 24.1. The van der Waals surface area contributed by atoms with Gasteiger partial charge >= 0.3 is 0 Å². The van der Waals surface area contributed by atoms with Gasteiger partial charge in [-0.3, -0.25) is 9.59 Å². The maximum atomic E-state index is 12.1. The van der Waals surface area contributed by atoms with Crippen LogP contribution in [0.2, 0.25) is 0 Å². The number of carbonyl (C=O) groups excluding carboxylic acids is 2. The molecule has 0 atom stereocenters. The van der Waals surface area contributed by atoms with Crippen LogP contribution in [0.4, 0.5) is 5.69 Å². The van der Waals surface area contributed by atoms with Crippen LogP contribution < -0.4 is 10.6 Å². The molecule has 5 nitrogen and oxygen atoms in total. The van der Waals surface area contributed by atoms with E-state index in [0.29, 0.717) is 17.9 Å². The minimum Gasteiger partial charge on any atom is -0.381 e. The van der Waals surface area contributed by atoms with Gasteiger partial charge in [-0.25, -0.2) is 0 Å². The average molecular weight is 346 g/mol. The van der Waals surface area contributed by atoms with Crippen molar-refractivity contribution in [2.75, 3.05) is 18.5 Å². The molecule has 0 bridgehead atoms. The van der Waals surface area contributed by atoms with E-state index in [1.165, 1.54) is 0 Å². The predicted molar refractivity (Wildman–Crippen MR) is 99.7 cm³/mol. The molecule has 0 unspecified atom stereocenters. The first kappa shape index (κ1) is 19.4. The van der Waals surface area contributed by atoms with E-state index in [2.05, 4.69) is 10.6 Å². The fourth-order valence-corrected chi connectivity index (χ4v) is 2.93. The maximum Gasteiger partial charge on any atom is 0.251 e. The van der Waals surface area contributed by atoms with Crippen molar-refractivity contribution in [2.45, 2.75) is 58.4 Å². The van der Waals surface area contributed by atoms with Crippen molar-refractivity contribution < 1.29 is 14.3 Å². The van der Waals surface area contributed by atoms with E-state index in [4.69, 9.17) is 4.74 Å². The minimum atomic E-state index is -0.269. The van der Waals surface area contributed by atoms with Crippen molar-refractivity contribution in [2.24, 2.45) is 5.92 Å². The number of anilines is 1. The zero-order valence-corrected chi connectivity index (χ0v) is 15.6. The fraction of sp³-hybridized carbons (Fsp3) is 0.600. The normalized spacial score (nSPS) is 15.6. The van der Waals surface area contributed by atoms with Crippen molar-refractivity contribution in [1.82, 2.24) is 5.32 Å². The van der Waals surface area contributed by atoms with Crippen LogP contribution in [0.25, 0.3) is 0 Å². The Labute approximate surface area is 150 Å². The van der Waals surface area contributed by atoms with Gasteiger partial charge < -0.3 is 15.4 Å². The molecule has 1 fully saturated rings. The van der Waals surface area contributed by atoms with Crippen molar-refractivity contribution in [3.05, 3.63) is 29.8 Å². The highest BCUT2D eigenvalue weighted by Crippen LogP contribution is 2.21. The molecular weight excluding hydrogens is 316 g/mol. The van der Waals surface area contributed by atoms with Crippen LogP contribution in [0, 0.1) is 5.92 Å². The van der Waals surface area contributed by atoms with Gasteiger partial charge in [0.05, 0.1) is 0 Å². The monoisotopic (exact) mass is 346 g/mol. The summed E-state index contributed by atoms with van der Waals surface area (Å²) in [7, 11) is 0. The first-order chi connectivity index (χ1) is 11.8. The van der Waals surface area contributed by atoms with Gasteiger partial charge in [0.1, 0.15) is 0 Å². The summed E-state index contributed by atoms with van der Waals surface area (Å²) in [6.07, 6.45) is 4.74. The number of benzene rings is 1. The molecule has 138 valence electrons. The Morgan fingerprint density at radius 2 is 1.76 bits per heavy atom. The quantitative estimate of drug-likeness (QED) is 0.824. The molecule has 1 aliphatic heterocycles. The molecule has 1 aromatic rings. The number of carbonyl (C=O) groups is 2. The Bertz CT molecular complexity index is 570. The Balaban J connectivity index is 1.74. The van der Waals surface area contributed by atoms with E-state index in [-0.39, 0.29) is 17.4 Å². The molecule has 1 aromatic carbocycles. The minimum absolute atomic E-state index is 0.0268. The van der Waals surface area contributed by atoms with Gasteiger partial charge in [-0.2, -0.15) is 0 Å². The van der Waals surface area contributed by atoms with Crippen LogP contribution >= 0.6 is 0 Å². The first-order valence-electron chi connectivity index (χ1n) is 9.14. The second-order valence-electron chi connectivity index (χ2n) is 7.78. The highest BCUT2D eigenvalue weighted by molar-refractivity contribution is 5.96. The third kappa shape index (κ3) is 7.26. The molecule has 0 saturated carbocycles. The van der Waals surface area contributed by atoms with E-state index >= 15 is 0 Å². The molecule has 0 radical (unpaired) electrons. The van der Waals surface area contributed by atoms with Gasteiger partial charge in [-0.15, -0.1) is 0 Å². The lowest BCUT2D eigenvalue weighted by Gasteiger charge is -2.21. The number of rotatable bonds is 6. The van der Waals surface area contributed by atoms with Gasteiger partial charge in [0, 0.05) is 36.4 Å². The van der Waals surface area contributed by atoms with Gasteiger partial charge in [0.2, 0.25) is 5.91 Å². The highest BCUT2D eigenvalue weighted by Gasteiger charge is 2.16. The lowest BCUT2D eigenvalue weighted by molar-refractivity contribution is -0.116. The smallest absolute Gasteiger partial charge is 0.251 e. The van der Waals surface area contributed by atoms with Gasteiger partial charge in [0.25, 0.3) is 5.91 Å². The Kier molecular flexibility index (Phi) is 7.00. The van der Waals surface area contributed by atoms with Crippen LogP contribution in [-0.4, -0.2) is 30.6 Å². The van der Waals surface area contributed by atoms with Crippen molar-refractivity contribution in [3.8, 4) is 0 Å². The second-order valence-corrected chi connectivity index (χ2v) is 7.78. The third-order valence-electron chi connectivity index (χ3n) is 4.28. The molecule has 5 heteroatoms. The summed E-state index contributed by atoms with van der Waals surface area (Å²) >= 11 is 0. The van der Waals surface area contributed by atoms with Crippen molar-refractivity contribution >= 4 is 17.5 Å². The largest absolute Gasteiger partial charge is 0.381 e. The first-order valence-corrected chi connectivity index (χ1v) is 9.14. The summed E-state index contributed by atoms with van der Waals surface area (Å²) in [5.41, 5.74) is 1.05. The standard InChI is InChI=1S/C20H30N2O3/c1-20(2,3)22-19(24)16-7-9-17(10-8-16)21-18(23)6-4-5-15-11-13-25-14-12-15/h7-10,15H,4-6,11-14H2,1-3H3,(H,21,23)(H,22,24). The topological polar surface area (TPSA) is 67.4 Å². The van der Waals surface area contributed by atoms with Gasteiger partial charge in [-0.1, -0.05) is 0 Å². The average Bonchev–Trinajstić information content (AvgIpc) is 2.55. The molecule has 25 heavy (non-hydrogen) atoms. The van der Waals surface area contributed by atoms with E-state index in [1.807, 2.05) is 20.8 Å². The van der Waals surface area contributed by atoms with Crippen molar-refractivity contribution in [3.63, 3.8) is 0 Å². The highest BCUT2D eigenvalue weighted by atomic mass is 16.5. The van der Waals surface area contributed by atoms with Crippen LogP contribution in [0.5, 0.6) is 0 Å². The molecule has 2 N–H and O–H groups in total. The number of ether oxygens (including phenoxy) is 1. The molecule has 1 heterocycles. The summed E-state index contributed by atoms with van der Waals surface area (Å²) in [5, 5.41) is 5.82. The number of nitrogens with one attached hydrogen (secondary N) is 2. The van der Waals surface area contributed by atoms with Crippen LogP contribution in [-0.2, 0) is 9.53 Å². The summed E-state index contributed by atoms with van der Waals surface area (Å²) in [6, 6.07) is 7.01. The maximum absolute atomic E-state index is 12.1. The van der Waals surface area contributed by atoms with Crippen LogP contribution in [0.1, 0.15) is 63.2 Å². The Morgan fingerprint density at radius 1 is 1.12 bits per heavy atom. The molecular formula is C20H30N2O3. The number of hydrogen-bond acceptors (Lipinski definition) is 3. The summed E-state index contributed by atoms with van der Waals surface area (Å²) < 4.78 is 5.35. The molecule has 2 rings (SSSR count). The van der Waals surface area contributed by atoms with Crippen LogP contribution in [0.3, 0.4) is 0 Å². The van der Waals surface area contributed by atoms with Gasteiger partial charge in [0.15, 0.2) is 0 Å². The molecule has 0 aliphatic carbocycles. The zero-order chi connectivity index (χ0) is 18.3. The second kappa shape index (κ2) is 8.99. The Morgan fingerprint density at radius 3 is 2.36 bits per heavy atom. The molecule has 1 aliphatic rings. The van der Waals surface area contributed by atoms with E-state index in [9.17, 15) is 9.59 Å². The predicted octanol–water partition coefficient (Wildman–Crippen LogP) is 3.75. The fourth-order valence-electron chi connectivity index (χ4n) is 2.93. The van der Waals surface area contributed by atoms with Gasteiger partial charge in [-0.05, 0) is 76.6 Å². The molecule has 2 amide bonds. The van der Waals surface area contributed by atoms with E-state index in [1.54, 1.807) is 24.3 Å². The van der Waals surface area contributed by atoms with Crippen molar-refractivity contribution in [1.29, 1.82) is 0 Å². The number of amides is 2. The zero-order valence-electron chi connectivity index (χ0n) is 15.6. The summed E-state index contributed by atoms with van der Waals surface area (Å²) in [6.45, 7) is 7.54.